The van der Waals surface area contributed by atoms with Crippen molar-refractivity contribution in [3.63, 3.8) is 0 Å². The van der Waals surface area contributed by atoms with Crippen LogP contribution in [0.3, 0.4) is 0 Å². The molecule has 0 aromatic heterocycles. The highest BCUT2D eigenvalue weighted by Gasteiger charge is 2.22. The van der Waals surface area contributed by atoms with Crippen LogP contribution in [-0.4, -0.2) is 36.5 Å². The Kier molecular flexibility index (Phi) is 5.25. The van der Waals surface area contributed by atoms with Crippen molar-refractivity contribution >= 4 is 33.4 Å². The second kappa shape index (κ2) is 6.73. The Labute approximate surface area is 127 Å². The number of halogens is 2. The highest BCUT2D eigenvalue weighted by molar-refractivity contribution is 9.10. The van der Waals surface area contributed by atoms with E-state index in [1.165, 1.54) is 6.42 Å². The van der Waals surface area contributed by atoms with Gasteiger partial charge in [-0.1, -0.05) is 27.5 Å². The van der Waals surface area contributed by atoms with Gasteiger partial charge in [-0.15, -0.1) is 0 Å². The molecule has 5 heteroatoms. The maximum absolute atomic E-state index is 12.5. The summed E-state index contributed by atoms with van der Waals surface area (Å²) in [6, 6.07) is 5.80. The summed E-state index contributed by atoms with van der Waals surface area (Å²) in [5.74, 6) is 0.00806. The number of hydrogen-bond donors (Lipinski definition) is 1. The number of likely N-dealkylation sites (N-methyl/N-ethyl adjacent to an activating group) is 1. The molecule has 1 N–H and O–H groups in total. The van der Waals surface area contributed by atoms with E-state index in [0.717, 1.165) is 24.0 Å². The van der Waals surface area contributed by atoms with Crippen molar-refractivity contribution in [3.8, 4) is 0 Å². The van der Waals surface area contributed by atoms with Gasteiger partial charge in [0.25, 0.3) is 5.91 Å². The highest BCUT2D eigenvalue weighted by Crippen LogP contribution is 2.23. The lowest BCUT2D eigenvalue weighted by molar-refractivity contribution is 0.0751. The van der Waals surface area contributed by atoms with E-state index in [1.807, 2.05) is 17.9 Å². The van der Waals surface area contributed by atoms with Gasteiger partial charge in [0.2, 0.25) is 0 Å². The molecule has 1 aliphatic heterocycles. The summed E-state index contributed by atoms with van der Waals surface area (Å²) in [5.41, 5.74) is 0.574. The number of carbonyl (C=O) groups is 1. The van der Waals surface area contributed by atoms with Gasteiger partial charge in [-0.05, 0) is 44.5 Å². The lowest BCUT2D eigenvalue weighted by Gasteiger charge is -2.25. The van der Waals surface area contributed by atoms with E-state index in [9.17, 15) is 4.79 Å². The summed E-state index contributed by atoms with van der Waals surface area (Å²) in [4.78, 5) is 14.4. The Hall–Kier alpha value is -0.580. The predicted octanol–water partition coefficient (Wildman–Crippen LogP) is 3.32. The molecule has 1 fully saturated rings. The van der Waals surface area contributed by atoms with Crippen molar-refractivity contribution in [2.24, 2.45) is 0 Å². The first-order valence-corrected chi connectivity index (χ1v) is 7.76. The van der Waals surface area contributed by atoms with Crippen molar-refractivity contribution in [3.05, 3.63) is 33.3 Å². The SMILES string of the molecule is CCN(CC1CCCN1)C(=O)c1ccc(Br)cc1Cl. The van der Waals surface area contributed by atoms with Gasteiger partial charge in [0.1, 0.15) is 0 Å². The van der Waals surface area contributed by atoms with Crippen molar-refractivity contribution in [2.45, 2.75) is 25.8 Å². The second-order valence-corrected chi connectivity index (χ2v) is 6.08. The van der Waals surface area contributed by atoms with Gasteiger partial charge in [-0.2, -0.15) is 0 Å². The van der Waals surface area contributed by atoms with E-state index in [2.05, 4.69) is 21.2 Å². The zero-order valence-corrected chi connectivity index (χ0v) is 13.3. The molecule has 1 aromatic carbocycles. The Bertz CT molecular complexity index is 461. The first-order valence-electron chi connectivity index (χ1n) is 6.59. The van der Waals surface area contributed by atoms with Gasteiger partial charge in [0.15, 0.2) is 0 Å². The van der Waals surface area contributed by atoms with Gasteiger partial charge in [0, 0.05) is 23.6 Å². The number of carbonyl (C=O) groups excluding carboxylic acids is 1. The molecule has 3 nitrogen and oxygen atoms in total. The molecule has 0 spiro atoms. The van der Waals surface area contributed by atoms with Crippen molar-refractivity contribution in [1.29, 1.82) is 0 Å². The zero-order chi connectivity index (χ0) is 13.8. The Morgan fingerprint density at radius 1 is 1.58 bits per heavy atom. The normalized spacial score (nSPS) is 18.6. The van der Waals surface area contributed by atoms with Gasteiger partial charge in [0.05, 0.1) is 10.6 Å². The molecule has 1 amide bonds. The molecule has 1 aliphatic rings. The summed E-state index contributed by atoms with van der Waals surface area (Å²) in [6.45, 7) is 4.50. The van der Waals surface area contributed by atoms with Crippen LogP contribution >= 0.6 is 27.5 Å². The third kappa shape index (κ3) is 3.71. The van der Waals surface area contributed by atoms with Crippen LogP contribution in [0.5, 0.6) is 0 Å². The van der Waals surface area contributed by atoms with E-state index >= 15 is 0 Å². The maximum Gasteiger partial charge on any atom is 0.255 e. The molecule has 1 heterocycles. The van der Waals surface area contributed by atoms with Crippen LogP contribution in [0.4, 0.5) is 0 Å². The lowest BCUT2D eigenvalue weighted by Crippen LogP contribution is -2.41. The topological polar surface area (TPSA) is 32.3 Å². The van der Waals surface area contributed by atoms with Gasteiger partial charge in [-0.3, -0.25) is 4.79 Å². The van der Waals surface area contributed by atoms with Crippen molar-refractivity contribution < 1.29 is 4.79 Å². The number of rotatable bonds is 4. The molecule has 1 atom stereocenters. The number of nitrogens with zero attached hydrogens (tertiary/aromatic N) is 1. The van der Waals surface area contributed by atoms with Crippen LogP contribution in [-0.2, 0) is 0 Å². The predicted molar refractivity (Wildman–Crippen MR) is 81.8 cm³/mol. The van der Waals surface area contributed by atoms with Crippen LogP contribution in [0, 0.1) is 0 Å². The first-order chi connectivity index (χ1) is 9.11. The summed E-state index contributed by atoms with van der Waals surface area (Å²) in [6.07, 6.45) is 2.33. The fourth-order valence-electron chi connectivity index (χ4n) is 2.37. The third-order valence-corrected chi connectivity index (χ3v) is 4.24. The fourth-order valence-corrected chi connectivity index (χ4v) is 3.12. The minimum Gasteiger partial charge on any atom is -0.337 e. The number of nitrogens with one attached hydrogen (secondary N) is 1. The van der Waals surface area contributed by atoms with E-state index in [1.54, 1.807) is 12.1 Å². The smallest absolute Gasteiger partial charge is 0.255 e. The molecule has 0 aliphatic carbocycles. The van der Waals surface area contributed by atoms with Gasteiger partial charge >= 0.3 is 0 Å². The van der Waals surface area contributed by atoms with E-state index in [-0.39, 0.29) is 5.91 Å². The average molecular weight is 346 g/mol. The zero-order valence-electron chi connectivity index (χ0n) is 11.0. The molecule has 0 bridgehead atoms. The molecule has 1 unspecified atom stereocenters. The molecule has 1 saturated heterocycles. The van der Waals surface area contributed by atoms with Crippen LogP contribution in [0.15, 0.2) is 22.7 Å². The van der Waals surface area contributed by atoms with Crippen LogP contribution < -0.4 is 5.32 Å². The molecular formula is C14H18BrClN2O. The Morgan fingerprint density at radius 2 is 2.37 bits per heavy atom. The third-order valence-electron chi connectivity index (χ3n) is 3.43. The number of amides is 1. The molecule has 0 radical (unpaired) electrons. The lowest BCUT2D eigenvalue weighted by atomic mass is 10.1. The molecular weight excluding hydrogens is 328 g/mol. The molecule has 19 heavy (non-hydrogen) atoms. The van der Waals surface area contributed by atoms with Gasteiger partial charge in [-0.25, -0.2) is 0 Å². The number of benzene rings is 1. The maximum atomic E-state index is 12.5. The Morgan fingerprint density at radius 3 is 2.95 bits per heavy atom. The molecule has 104 valence electrons. The summed E-state index contributed by atoms with van der Waals surface area (Å²) >= 11 is 9.50. The van der Waals surface area contributed by atoms with E-state index in [0.29, 0.717) is 23.2 Å². The number of hydrogen-bond acceptors (Lipinski definition) is 2. The fraction of sp³-hybridized carbons (Fsp3) is 0.500. The first kappa shape index (κ1) is 14.8. The standard InChI is InChI=1S/C14H18BrClN2O/c1-2-18(9-11-4-3-7-17-11)14(19)12-6-5-10(15)8-13(12)16/h5-6,8,11,17H,2-4,7,9H2,1H3. The van der Waals surface area contributed by atoms with Crippen molar-refractivity contribution in [2.75, 3.05) is 19.6 Å². The monoisotopic (exact) mass is 344 g/mol. The summed E-state index contributed by atoms with van der Waals surface area (Å²) < 4.78 is 0.884. The largest absolute Gasteiger partial charge is 0.337 e. The minimum atomic E-state index is 0.00806. The van der Waals surface area contributed by atoms with E-state index in [4.69, 9.17) is 11.6 Å². The molecule has 1 aromatic rings. The molecule has 0 saturated carbocycles. The Balaban J connectivity index is 2.10. The average Bonchev–Trinajstić information content (AvgIpc) is 2.88. The second-order valence-electron chi connectivity index (χ2n) is 4.76. The highest BCUT2D eigenvalue weighted by atomic mass is 79.9. The van der Waals surface area contributed by atoms with Crippen LogP contribution in [0.1, 0.15) is 30.1 Å². The summed E-state index contributed by atoms with van der Waals surface area (Å²) in [5, 5.41) is 3.91. The van der Waals surface area contributed by atoms with Crippen LogP contribution in [0.25, 0.3) is 0 Å². The summed E-state index contributed by atoms with van der Waals surface area (Å²) in [7, 11) is 0. The van der Waals surface area contributed by atoms with Crippen LogP contribution in [0.2, 0.25) is 5.02 Å². The van der Waals surface area contributed by atoms with Gasteiger partial charge < -0.3 is 10.2 Å². The molecule has 2 rings (SSSR count). The minimum absolute atomic E-state index is 0.00806. The van der Waals surface area contributed by atoms with Crippen molar-refractivity contribution in [1.82, 2.24) is 10.2 Å². The quantitative estimate of drug-likeness (QED) is 0.908. The van der Waals surface area contributed by atoms with E-state index < -0.39 is 0 Å².